The summed E-state index contributed by atoms with van der Waals surface area (Å²) in [6, 6.07) is 0.766. The summed E-state index contributed by atoms with van der Waals surface area (Å²) in [4.78, 5) is 38.9. The molecule has 3 amide bonds. The van der Waals surface area contributed by atoms with Gasteiger partial charge in [0.2, 0.25) is 5.91 Å². The lowest BCUT2D eigenvalue weighted by atomic mass is 10.2. The first kappa shape index (κ1) is 16.4. The zero-order valence-corrected chi connectivity index (χ0v) is 11.7. The van der Waals surface area contributed by atoms with Crippen molar-refractivity contribution >= 4 is 23.6 Å². The van der Waals surface area contributed by atoms with Gasteiger partial charge in [-0.1, -0.05) is 13.3 Å². The van der Waals surface area contributed by atoms with E-state index in [1.807, 2.05) is 6.92 Å². The minimum absolute atomic E-state index is 0.0391. The molecule has 0 spiro atoms. The van der Waals surface area contributed by atoms with E-state index in [1.54, 1.807) is 0 Å². The van der Waals surface area contributed by atoms with Crippen LogP contribution in [-0.4, -0.2) is 46.0 Å². The largest absolute Gasteiger partial charge is 0.478 e. The topological polar surface area (TPSA) is 126 Å². The van der Waals surface area contributed by atoms with E-state index < -0.39 is 17.9 Å². The molecule has 0 fully saturated rings. The van der Waals surface area contributed by atoms with Gasteiger partial charge in [-0.25, -0.2) is 9.59 Å². The first-order valence-corrected chi connectivity index (χ1v) is 6.46. The maximum absolute atomic E-state index is 12.1. The molecule has 0 radical (unpaired) electrons. The molecule has 1 heterocycles. The zero-order chi connectivity index (χ0) is 15.8. The molecule has 1 rings (SSSR count). The fourth-order valence-corrected chi connectivity index (χ4v) is 1.62. The van der Waals surface area contributed by atoms with Crippen LogP contribution in [0.5, 0.6) is 0 Å². The molecule has 8 nitrogen and oxygen atoms in total. The van der Waals surface area contributed by atoms with Gasteiger partial charge in [0.15, 0.2) is 0 Å². The van der Waals surface area contributed by atoms with Gasteiger partial charge in [0.1, 0.15) is 6.54 Å². The summed E-state index contributed by atoms with van der Waals surface area (Å²) < 4.78 is 0. The fraction of sp³-hybridized carbons (Fsp3) is 0.385. The van der Waals surface area contributed by atoms with Gasteiger partial charge in [0.25, 0.3) is 0 Å². The molecule has 0 saturated heterocycles. The maximum atomic E-state index is 12.1. The summed E-state index contributed by atoms with van der Waals surface area (Å²) in [6.07, 6.45) is 4.09. The molecule has 0 atom stereocenters. The van der Waals surface area contributed by atoms with Gasteiger partial charge >= 0.3 is 12.0 Å². The van der Waals surface area contributed by atoms with Crippen molar-refractivity contribution in [2.75, 3.05) is 18.4 Å². The molecular weight excluding hydrogens is 276 g/mol. The number of pyridine rings is 1. The van der Waals surface area contributed by atoms with Crippen molar-refractivity contribution < 1.29 is 19.5 Å². The van der Waals surface area contributed by atoms with Crippen LogP contribution in [0.15, 0.2) is 18.5 Å². The smallest absolute Gasteiger partial charge is 0.337 e. The van der Waals surface area contributed by atoms with Crippen molar-refractivity contribution in [1.29, 1.82) is 0 Å². The number of aromatic nitrogens is 1. The molecule has 4 N–H and O–H groups in total. The summed E-state index contributed by atoms with van der Waals surface area (Å²) in [5.74, 6) is -1.75. The summed E-state index contributed by atoms with van der Waals surface area (Å²) in [5.41, 5.74) is 5.31. The van der Waals surface area contributed by atoms with Crippen LogP contribution in [0.25, 0.3) is 0 Å². The lowest BCUT2D eigenvalue weighted by Gasteiger charge is -2.21. The molecule has 21 heavy (non-hydrogen) atoms. The lowest BCUT2D eigenvalue weighted by Crippen LogP contribution is -2.41. The Balaban J connectivity index is 2.77. The monoisotopic (exact) mass is 294 g/mol. The lowest BCUT2D eigenvalue weighted by molar-refractivity contribution is -0.118. The number of nitrogens with two attached hydrogens (primary N) is 1. The third-order valence-electron chi connectivity index (χ3n) is 2.65. The number of carboxylic acids is 1. The third kappa shape index (κ3) is 5.47. The third-order valence-corrected chi connectivity index (χ3v) is 2.65. The van der Waals surface area contributed by atoms with Crippen LogP contribution in [0, 0.1) is 0 Å². The highest BCUT2D eigenvalue weighted by molar-refractivity contribution is 5.94. The number of urea groups is 1. The number of aromatic carboxylic acids is 1. The molecule has 114 valence electrons. The average molecular weight is 294 g/mol. The molecule has 0 aromatic carbocycles. The van der Waals surface area contributed by atoms with Crippen LogP contribution in [0.1, 0.15) is 30.1 Å². The average Bonchev–Trinajstić information content (AvgIpc) is 2.43. The Hall–Kier alpha value is -2.64. The van der Waals surface area contributed by atoms with Crippen molar-refractivity contribution in [2.24, 2.45) is 5.73 Å². The van der Waals surface area contributed by atoms with E-state index >= 15 is 0 Å². The number of nitrogens with zero attached hydrogens (tertiary/aromatic N) is 2. The minimum Gasteiger partial charge on any atom is -0.478 e. The second kappa shape index (κ2) is 7.83. The number of amides is 3. The Morgan fingerprint density at radius 3 is 2.67 bits per heavy atom. The first-order valence-electron chi connectivity index (χ1n) is 6.46. The van der Waals surface area contributed by atoms with Crippen molar-refractivity contribution in [3.05, 3.63) is 24.0 Å². The van der Waals surface area contributed by atoms with Crippen LogP contribution in [-0.2, 0) is 4.79 Å². The Labute approximate surface area is 121 Å². The standard InChI is InChI=1S/C13H18N4O4/c1-2-3-4-17(8-11(14)18)13(21)16-10-5-9(12(19)20)6-15-7-10/h5-7H,2-4,8H2,1H3,(H2,14,18)(H,16,21)(H,19,20). The number of carbonyl (C=O) groups is 3. The normalized spacial score (nSPS) is 9.95. The quantitative estimate of drug-likeness (QED) is 0.688. The number of hydrogen-bond donors (Lipinski definition) is 3. The number of hydrogen-bond acceptors (Lipinski definition) is 4. The number of primary amides is 1. The highest BCUT2D eigenvalue weighted by Crippen LogP contribution is 2.10. The number of nitrogens with one attached hydrogen (secondary N) is 1. The SMILES string of the molecule is CCCCN(CC(N)=O)C(=O)Nc1cncc(C(=O)O)c1. The van der Waals surface area contributed by atoms with Crippen molar-refractivity contribution in [3.63, 3.8) is 0 Å². The number of carboxylic acid groups (broad SMARTS) is 1. The molecule has 0 aliphatic carbocycles. The van der Waals surface area contributed by atoms with E-state index in [9.17, 15) is 14.4 Å². The molecule has 0 unspecified atom stereocenters. The van der Waals surface area contributed by atoms with Gasteiger partial charge in [-0.05, 0) is 12.5 Å². The first-order chi connectivity index (χ1) is 9.93. The highest BCUT2D eigenvalue weighted by atomic mass is 16.4. The van der Waals surface area contributed by atoms with Gasteiger partial charge in [-0.2, -0.15) is 0 Å². The van der Waals surface area contributed by atoms with Gasteiger partial charge in [0.05, 0.1) is 17.4 Å². The summed E-state index contributed by atoms with van der Waals surface area (Å²) in [6.45, 7) is 2.15. The number of anilines is 1. The van der Waals surface area contributed by atoms with E-state index in [0.717, 1.165) is 12.8 Å². The molecule has 0 saturated carbocycles. The molecule has 0 aliphatic rings. The van der Waals surface area contributed by atoms with Gasteiger partial charge in [-0.15, -0.1) is 0 Å². The van der Waals surface area contributed by atoms with Crippen molar-refractivity contribution in [1.82, 2.24) is 9.88 Å². The Bertz CT molecular complexity index is 533. The molecule has 0 aliphatic heterocycles. The Morgan fingerprint density at radius 1 is 1.38 bits per heavy atom. The van der Waals surface area contributed by atoms with Crippen LogP contribution >= 0.6 is 0 Å². The second-order valence-electron chi connectivity index (χ2n) is 4.44. The van der Waals surface area contributed by atoms with E-state index in [1.165, 1.54) is 23.4 Å². The predicted molar refractivity (Wildman–Crippen MR) is 75.9 cm³/mol. The van der Waals surface area contributed by atoms with Gasteiger partial charge < -0.3 is 21.1 Å². The molecule has 0 bridgehead atoms. The Morgan fingerprint density at radius 2 is 2.10 bits per heavy atom. The number of carbonyl (C=O) groups excluding carboxylic acids is 2. The summed E-state index contributed by atoms with van der Waals surface area (Å²) in [5, 5.41) is 11.4. The van der Waals surface area contributed by atoms with Gasteiger partial charge in [-0.3, -0.25) is 9.78 Å². The molecule has 8 heteroatoms. The fourth-order valence-electron chi connectivity index (χ4n) is 1.62. The number of rotatable bonds is 7. The maximum Gasteiger partial charge on any atom is 0.337 e. The van der Waals surface area contributed by atoms with Crippen molar-refractivity contribution in [2.45, 2.75) is 19.8 Å². The van der Waals surface area contributed by atoms with Crippen LogP contribution < -0.4 is 11.1 Å². The number of unbranched alkanes of at least 4 members (excludes halogenated alkanes) is 1. The summed E-state index contributed by atoms with van der Waals surface area (Å²) >= 11 is 0. The van der Waals surface area contributed by atoms with Crippen LogP contribution in [0.3, 0.4) is 0 Å². The zero-order valence-electron chi connectivity index (χ0n) is 11.7. The highest BCUT2D eigenvalue weighted by Gasteiger charge is 2.16. The van der Waals surface area contributed by atoms with E-state index in [-0.39, 0.29) is 17.8 Å². The van der Waals surface area contributed by atoms with E-state index in [0.29, 0.717) is 6.54 Å². The van der Waals surface area contributed by atoms with Crippen molar-refractivity contribution in [3.8, 4) is 0 Å². The minimum atomic E-state index is -1.14. The Kier molecular flexibility index (Phi) is 6.12. The van der Waals surface area contributed by atoms with Crippen LogP contribution in [0.4, 0.5) is 10.5 Å². The molecule has 1 aromatic rings. The molecule has 1 aromatic heterocycles. The molecular formula is C13H18N4O4. The predicted octanol–water partition coefficient (Wildman–Crippen LogP) is 0.899. The van der Waals surface area contributed by atoms with E-state index in [4.69, 9.17) is 10.8 Å². The second-order valence-corrected chi connectivity index (χ2v) is 4.44. The van der Waals surface area contributed by atoms with Crippen LogP contribution in [0.2, 0.25) is 0 Å². The van der Waals surface area contributed by atoms with Gasteiger partial charge in [0, 0.05) is 12.7 Å². The summed E-state index contributed by atoms with van der Waals surface area (Å²) in [7, 11) is 0. The van der Waals surface area contributed by atoms with E-state index in [2.05, 4.69) is 10.3 Å².